The molecule has 1 aliphatic rings. The summed E-state index contributed by atoms with van der Waals surface area (Å²) in [4.78, 5) is 0. The van der Waals surface area contributed by atoms with Gasteiger partial charge in [0.1, 0.15) is 18.2 Å². The van der Waals surface area contributed by atoms with Crippen molar-refractivity contribution in [2.45, 2.75) is 38.8 Å². The third-order valence-electron chi connectivity index (χ3n) is 3.15. The van der Waals surface area contributed by atoms with Gasteiger partial charge in [-0.05, 0) is 43.5 Å². The van der Waals surface area contributed by atoms with E-state index in [1.807, 2.05) is 6.07 Å². The first-order chi connectivity index (χ1) is 9.28. The Morgan fingerprint density at radius 3 is 3.05 bits per heavy atom. The van der Waals surface area contributed by atoms with Gasteiger partial charge in [0.05, 0.1) is 6.10 Å². The van der Waals surface area contributed by atoms with E-state index in [2.05, 4.69) is 12.2 Å². The molecule has 0 amide bonds. The molecular weight excluding hydrogens is 245 g/mol. The molecule has 106 valence electrons. The number of nitrogens with one attached hydrogen (secondary N) is 1. The van der Waals surface area contributed by atoms with E-state index < -0.39 is 0 Å². The van der Waals surface area contributed by atoms with E-state index in [0.29, 0.717) is 18.9 Å². The number of hydrogen-bond donors (Lipinski definition) is 1. The third-order valence-corrected chi connectivity index (χ3v) is 3.15. The zero-order chi connectivity index (χ0) is 13.5. The fourth-order valence-corrected chi connectivity index (χ4v) is 2.18. The van der Waals surface area contributed by atoms with Crippen molar-refractivity contribution >= 4 is 0 Å². The molecule has 1 atom stereocenters. The molecule has 1 aliphatic heterocycles. The van der Waals surface area contributed by atoms with Crippen LogP contribution in [0.15, 0.2) is 18.2 Å². The molecule has 1 fully saturated rings. The fraction of sp³-hybridized carbons (Fsp3) is 0.600. The fourth-order valence-electron chi connectivity index (χ4n) is 2.18. The molecule has 3 nitrogen and oxygen atoms in total. The lowest BCUT2D eigenvalue weighted by Gasteiger charge is -2.12. The van der Waals surface area contributed by atoms with Gasteiger partial charge in [0.2, 0.25) is 0 Å². The van der Waals surface area contributed by atoms with Gasteiger partial charge in [-0.1, -0.05) is 6.92 Å². The summed E-state index contributed by atoms with van der Waals surface area (Å²) in [6.45, 7) is 5.02. The van der Waals surface area contributed by atoms with Crippen molar-refractivity contribution in [2.24, 2.45) is 0 Å². The van der Waals surface area contributed by atoms with Gasteiger partial charge in [0, 0.05) is 19.2 Å². The Kier molecular flexibility index (Phi) is 5.61. The summed E-state index contributed by atoms with van der Waals surface area (Å²) in [5.74, 6) is 0.335. The highest BCUT2D eigenvalue weighted by Gasteiger charge is 2.16. The molecule has 1 aromatic carbocycles. The molecule has 0 aliphatic carbocycles. The Labute approximate surface area is 114 Å². The molecule has 2 rings (SSSR count). The molecule has 0 bridgehead atoms. The topological polar surface area (TPSA) is 30.5 Å². The highest BCUT2D eigenvalue weighted by atomic mass is 19.1. The van der Waals surface area contributed by atoms with Gasteiger partial charge >= 0.3 is 0 Å². The molecular formula is C15H22FNO2. The third kappa shape index (κ3) is 4.80. The van der Waals surface area contributed by atoms with Crippen molar-refractivity contribution in [3.8, 4) is 5.75 Å². The summed E-state index contributed by atoms with van der Waals surface area (Å²) < 4.78 is 24.6. The summed E-state index contributed by atoms with van der Waals surface area (Å²) in [6.07, 6.45) is 3.34. The second-order valence-corrected chi connectivity index (χ2v) is 4.92. The first-order valence-corrected chi connectivity index (χ1v) is 7.02. The number of rotatable bonds is 7. The first-order valence-electron chi connectivity index (χ1n) is 7.02. The minimum Gasteiger partial charge on any atom is -0.491 e. The highest BCUT2D eigenvalue weighted by Crippen LogP contribution is 2.19. The second kappa shape index (κ2) is 7.46. The van der Waals surface area contributed by atoms with Crippen LogP contribution >= 0.6 is 0 Å². The minimum atomic E-state index is -0.252. The van der Waals surface area contributed by atoms with Crippen LogP contribution in [0.1, 0.15) is 31.7 Å². The summed E-state index contributed by atoms with van der Waals surface area (Å²) in [5.41, 5.74) is 0.913. The number of hydrogen-bond acceptors (Lipinski definition) is 3. The molecule has 1 heterocycles. The zero-order valence-corrected chi connectivity index (χ0v) is 11.5. The van der Waals surface area contributed by atoms with E-state index in [9.17, 15) is 4.39 Å². The van der Waals surface area contributed by atoms with E-state index in [-0.39, 0.29) is 11.9 Å². The Morgan fingerprint density at radius 2 is 2.32 bits per heavy atom. The molecule has 1 saturated heterocycles. The van der Waals surface area contributed by atoms with Crippen LogP contribution in [0, 0.1) is 5.82 Å². The normalized spacial score (nSPS) is 18.7. The van der Waals surface area contributed by atoms with Crippen LogP contribution in [-0.2, 0) is 11.3 Å². The summed E-state index contributed by atoms with van der Waals surface area (Å²) in [7, 11) is 0. The van der Waals surface area contributed by atoms with Crippen molar-refractivity contribution in [1.82, 2.24) is 5.32 Å². The molecule has 1 N–H and O–H groups in total. The van der Waals surface area contributed by atoms with Crippen molar-refractivity contribution in [1.29, 1.82) is 0 Å². The average molecular weight is 267 g/mol. The monoisotopic (exact) mass is 267 g/mol. The van der Waals surface area contributed by atoms with Gasteiger partial charge in [0.25, 0.3) is 0 Å². The molecule has 19 heavy (non-hydrogen) atoms. The van der Waals surface area contributed by atoms with Gasteiger partial charge in [-0.2, -0.15) is 0 Å². The maximum atomic E-state index is 13.5. The van der Waals surface area contributed by atoms with Crippen LogP contribution in [0.2, 0.25) is 0 Å². The predicted octanol–water partition coefficient (Wildman–Crippen LogP) is 2.88. The standard InChI is InChI=1S/C15H22FNO2/c1-2-5-17-10-12-7-13(16)9-15(8-12)19-11-14-4-3-6-18-14/h7-9,14,17H,2-6,10-11H2,1H3. The Morgan fingerprint density at radius 1 is 1.42 bits per heavy atom. The molecule has 0 spiro atoms. The first kappa shape index (κ1) is 14.3. The zero-order valence-electron chi connectivity index (χ0n) is 11.5. The van der Waals surface area contributed by atoms with Crippen LogP contribution in [0.25, 0.3) is 0 Å². The van der Waals surface area contributed by atoms with Crippen LogP contribution in [0.5, 0.6) is 5.75 Å². The number of halogens is 1. The summed E-state index contributed by atoms with van der Waals surface area (Å²) in [5, 5.41) is 3.26. The predicted molar refractivity (Wildman–Crippen MR) is 72.9 cm³/mol. The van der Waals surface area contributed by atoms with Crippen LogP contribution in [0.3, 0.4) is 0 Å². The number of ether oxygens (including phenoxy) is 2. The lowest BCUT2D eigenvalue weighted by Crippen LogP contribution is -2.17. The SMILES string of the molecule is CCCNCc1cc(F)cc(OCC2CCCO2)c1. The van der Waals surface area contributed by atoms with Gasteiger partial charge in [-0.25, -0.2) is 4.39 Å². The maximum absolute atomic E-state index is 13.5. The smallest absolute Gasteiger partial charge is 0.127 e. The van der Waals surface area contributed by atoms with E-state index in [1.54, 1.807) is 6.07 Å². The molecule has 0 aromatic heterocycles. The summed E-state index contributed by atoms with van der Waals surface area (Å²) >= 11 is 0. The quantitative estimate of drug-likeness (QED) is 0.771. The van der Waals surface area contributed by atoms with Crippen LogP contribution in [0.4, 0.5) is 4.39 Å². The Bertz CT molecular complexity index is 392. The molecule has 1 unspecified atom stereocenters. The van der Waals surface area contributed by atoms with Crippen molar-refractivity contribution in [3.05, 3.63) is 29.6 Å². The maximum Gasteiger partial charge on any atom is 0.127 e. The van der Waals surface area contributed by atoms with E-state index >= 15 is 0 Å². The van der Waals surface area contributed by atoms with Gasteiger partial charge in [0.15, 0.2) is 0 Å². The van der Waals surface area contributed by atoms with Crippen LogP contribution < -0.4 is 10.1 Å². The second-order valence-electron chi connectivity index (χ2n) is 4.92. The lowest BCUT2D eigenvalue weighted by molar-refractivity contribution is 0.0678. The summed E-state index contributed by atoms with van der Waals surface area (Å²) in [6, 6.07) is 4.86. The molecule has 0 saturated carbocycles. The molecule has 1 aromatic rings. The molecule has 4 heteroatoms. The van der Waals surface area contributed by atoms with Crippen molar-refractivity contribution in [2.75, 3.05) is 19.8 Å². The van der Waals surface area contributed by atoms with Crippen molar-refractivity contribution < 1.29 is 13.9 Å². The van der Waals surface area contributed by atoms with E-state index in [4.69, 9.17) is 9.47 Å². The minimum absolute atomic E-state index is 0.157. The Balaban J connectivity index is 1.87. The van der Waals surface area contributed by atoms with Gasteiger partial charge < -0.3 is 14.8 Å². The average Bonchev–Trinajstić information content (AvgIpc) is 2.89. The lowest BCUT2D eigenvalue weighted by atomic mass is 10.2. The van der Waals surface area contributed by atoms with Gasteiger partial charge in [-0.15, -0.1) is 0 Å². The van der Waals surface area contributed by atoms with Gasteiger partial charge in [-0.3, -0.25) is 0 Å². The Hall–Kier alpha value is -1.13. The van der Waals surface area contributed by atoms with E-state index in [1.165, 1.54) is 6.07 Å². The molecule has 0 radical (unpaired) electrons. The van der Waals surface area contributed by atoms with Crippen LogP contribution in [-0.4, -0.2) is 25.9 Å². The largest absolute Gasteiger partial charge is 0.491 e. The highest BCUT2D eigenvalue weighted by molar-refractivity contribution is 5.29. The van der Waals surface area contributed by atoms with E-state index in [0.717, 1.165) is 38.0 Å². The number of benzene rings is 1. The van der Waals surface area contributed by atoms with Crippen molar-refractivity contribution in [3.63, 3.8) is 0 Å².